The highest BCUT2D eigenvalue weighted by Gasteiger charge is 2.44. The molecule has 1 fully saturated rings. The number of rotatable bonds is 8. The molecule has 1 aromatic carbocycles. The Morgan fingerprint density at radius 2 is 1.86 bits per heavy atom. The average Bonchev–Trinajstić information content (AvgIpc) is 3.19. The number of nitrogens with one attached hydrogen (secondary N) is 1. The lowest BCUT2D eigenvalue weighted by atomic mass is 9.92. The zero-order valence-corrected chi connectivity index (χ0v) is 13.8. The molecule has 0 saturated heterocycles. The Bertz CT molecular complexity index is 446. The number of para-hydroxylation sites is 1. The molecule has 0 amide bonds. The van der Waals surface area contributed by atoms with E-state index in [1.54, 1.807) is 0 Å². The SMILES string of the molecule is Cc1cccc(C)c1OCC(O)CNCC1(C(C)C)CC1. The summed E-state index contributed by atoms with van der Waals surface area (Å²) >= 11 is 0. The zero-order chi connectivity index (χ0) is 15.5. The average molecular weight is 291 g/mol. The molecule has 0 spiro atoms. The molecule has 3 heteroatoms. The quantitative estimate of drug-likeness (QED) is 0.773. The predicted molar refractivity (Wildman–Crippen MR) is 86.8 cm³/mol. The molecule has 1 saturated carbocycles. The van der Waals surface area contributed by atoms with Crippen molar-refractivity contribution in [1.82, 2.24) is 5.32 Å². The molecule has 3 nitrogen and oxygen atoms in total. The van der Waals surface area contributed by atoms with Gasteiger partial charge >= 0.3 is 0 Å². The molecule has 0 heterocycles. The third-order valence-electron chi connectivity index (χ3n) is 4.80. The van der Waals surface area contributed by atoms with Crippen LogP contribution in [0.15, 0.2) is 18.2 Å². The maximum atomic E-state index is 10.1. The third-order valence-corrected chi connectivity index (χ3v) is 4.80. The van der Waals surface area contributed by atoms with E-state index in [4.69, 9.17) is 4.74 Å². The molecule has 1 aliphatic rings. The van der Waals surface area contributed by atoms with E-state index < -0.39 is 6.10 Å². The number of hydrogen-bond acceptors (Lipinski definition) is 3. The van der Waals surface area contributed by atoms with Gasteiger partial charge in [-0.3, -0.25) is 0 Å². The lowest BCUT2D eigenvalue weighted by Crippen LogP contribution is -2.36. The van der Waals surface area contributed by atoms with Gasteiger partial charge in [0, 0.05) is 13.1 Å². The van der Waals surface area contributed by atoms with Gasteiger partial charge in [-0.1, -0.05) is 32.0 Å². The van der Waals surface area contributed by atoms with Gasteiger partial charge in [-0.05, 0) is 49.1 Å². The van der Waals surface area contributed by atoms with Crippen molar-refractivity contribution in [2.45, 2.75) is 46.6 Å². The summed E-state index contributed by atoms with van der Waals surface area (Å²) in [6.45, 7) is 10.6. The van der Waals surface area contributed by atoms with E-state index in [9.17, 15) is 5.11 Å². The van der Waals surface area contributed by atoms with Crippen molar-refractivity contribution in [1.29, 1.82) is 0 Å². The highest BCUT2D eigenvalue weighted by molar-refractivity contribution is 5.39. The molecule has 2 N–H and O–H groups in total. The van der Waals surface area contributed by atoms with Crippen LogP contribution in [0.2, 0.25) is 0 Å². The van der Waals surface area contributed by atoms with Crippen molar-refractivity contribution in [2.75, 3.05) is 19.7 Å². The summed E-state index contributed by atoms with van der Waals surface area (Å²) in [6.07, 6.45) is 2.16. The van der Waals surface area contributed by atoms with E-state index in [1.807, 2.05) is 32.0 Å². The molecule has 1 aliphatic carbocycles. The standard InChI is InChI=1S/C18H29NO2/c1-13(2)18(8-9-18)12-19-10-16(20)11-21-17-14(3)6-5-7-15(17)4/h5-7,13,16,19-20H,8-12H2,1-4H3. The van der Waals surface area contributed by atoms with Crippen LogP contribution in [0.25, 0.3) is 0 Å². The molecular formula is C18H29NO2. The van der Waals surface area contributed by atoms with Crippen LogP contribution in [0.5, 0.6) is 5.75 Å². The zero-order valence-electron chi connectivity index (χ0n) is 13.8. The normalized spacial score (nSPS) is 17.8. The largest absolute Gasteiger partial charge is 0.490 e. The van der Waals surface area contributed by atoms with Crippen LogP contribution in [0.3, 0.4) is 0 Å². The van der Waals surface area contributed by atoms with E-state index in [0.717, 1.165) is 23.4 Å². The number of aliphatic hydroxyl groups is 1. The molecule has 1 aromatic rings. The van der Waals surface area contributed by atoms with Crippen molar-refractivity contribution in [3.8, 4) is 5.75 Å². The van der Waals surface area contributed by atoms with Gasteiger partial charge < -0.3 is 15.2 Å². The van der Waals surface area contributed by atoms with Crippen molar-refractivity contribution in [3.05, 3.63) is 29.3 Å². The lowest BCUT2D eigenvalue weighted by Gasteiger charge is -2.21. The van der Waals surface area contributed by atoms with E-state index in [2.05, 4.69) is 19.2 Å². The van der Waals surface area contributed by atoms with Gasteiger partial charge in [0.05, 0.1) is 0 Å². The maximum Gasteiger partial charge on any atom is 0.125 e. The topological polar surface area (TPSA) is 41.5 Å². The molecule has 118 valence electrons. The van der Waals surface area contributed by atoms with Crippen molar-refractivity contribution >= 4 is 0 Å². The van der Waals surface area contributed by atoms with Crippen LogP contribution in [0.1, 0.15) is 37.8 Å². The Morgan fingerprint density at radius 1 is 1.24 bits per heavy atom. The van der Waals surface area contributed by atoms with Crippen molar-refractivity contribution in [3.63, 3.8) is 0 Å². The van der Waals surface area contributed by atoms with Gasteiger partial charge in [0.1, 0.15) is 18.5 Å². The van der Waals surface area contributed by atoms with E-state index in [0.29, 0.717) is 24.5 Å². The summed E-state index contributed by atoms with van der Waals surface area (Å²) in [7, 11) is 0. The maximum absolute atomic E-state index is 10.1. The second-order valence-electron chi connectivity index (χ2n) is 6.83. The van der Waals surface area contributed by atoms with Crippen LogP contribution in [-0.2, 0) is 0 Å². The molecule has 0 aromatic heterocycles. The second kappa shape index (κ2) is 6.80. The molecule has 0 bridgehead atoms. The number of ether oxygens (including phenoxy) is 1. The Labute approximate surface area is 128 Å². The van der Waals surface area contributed by atoms with Gasteiger partial charge in [0.2, 0.25) is 0 Å². The first-order chi connectivity index (χ1) is 9.94. The van der Waals surface area contributed by atoms with Gasteiger partial charge in [-0.2, -0.15) is 0 Å². The second-order valence-corrected chi connectivity index (χ2v) is 6.83. The summed E-state index contributed by atoms with van der Waals surface area (Å²) in [5, 5.41) is 13.5. The van der Waals surface area contributed by atoms with Gasteiger partial charge in [0.15, 0.2) is 0 Å². The van der Waals surface area contributed by atoms with E-state index in [1.165, 1.54) is 12.8 Å². The molecule has 0 aliphatic heterocycles. The summed E-state index contributed by atoms with van der Waals surface area (Å²) in [4.78, 5) is 0. The van der Waals surface area contributed by atoms with Gasteiger partial charge in [-0.25, -0.2) is 0 Å². The third kappa shape index (κ3) is 4.21. The summed E-state index contributed by atoms with van der Waals surface area (Å²) < 4.78 is 5.79. The lowest BCUT2D eigenvalue weighted by molar-refractivity contribution is 0.103. The van der Waals surface area contributed by atoms with Crippen LogP contribution in [-0.4, -0.2) is 30.9 Å². The fourth-order valence-corrected chi connectivity index (χ4v) is 2.87. The highest BCUT2D eigenvalue weighted by atomic mass is 16.5. The fourth-order valence-electron chi connectivity index (χ4n) is 2.87. The summed E-state index contributed by atoms with van der Waals surface area (Å²) in [6, 6.07) is 6.09. The Balaban J connectivity index is 1.72. The molecule has 0 radical (unpaired) electrons. The highest BCUT2D eigenvalue weighted by Crippen LogP contribution is 2.51. The summed E-state index contributed by atoms with van der Waals surface area (Å²) in [5.74, 6) is 1.62. The van der Waals surface area contributed by atoms with Crippen LogP contribution in [0.4, 0.5) is 0 Å². The van der Waals surface area contributed by atoms with Gasteiger partial charge in [0.25, 0.3) is 0 Å². The first-order valence-electron chi connectivity index (χ1n) is 8.02. The van der Waals surface area contributed by atoms with Crippen LogP contribution < -0.4 is 10.1 Å². The number of hydrogen-bond donors (Lipinski definition) is 2. The number of benzene rings is 1. The van der Waals surface area contributed by atoms with E-state index >= 15 is 0 Å². The minimum Gasteiger partial charge on any atom is -0.490 e. The van der Waals surface area contributed by atoms with Crippen LogP contribution in [0, 0.1) is 25.2 Å². The Hall–Kier alpha value is -1.06. The van der Waals surface area contributed by atoms with Crippen molar-refractivity contribution in [2.24, 2.45) is 11.3 Å². The van der Waals surface area contributed by atoms with Gasteiger partial charge in [-0.15, -0.1) is 0 Å². The molecule has 21 heavy (non-hydrogen) atoms. The molecular weight excluding hydrogens is 262 g/mol. The minimum atomic E-state index is -0.466. The summed E-state index contributed by atoms with van der Waals surface area (Å²) in [5.41, 5.74) is 2.71. The minimum absolute atomic E-state index is 0.341. The fraction of sp³-hybridized carbons (Fsp3) is 0.667. The number of aryl methyl sites for hydroxylation is 2. The smallest absolute Gasteiger partial charge is 0.125 e. The molecule has 1 atom stereocenters. The predicted octanol–water partition coefficient (Wildman–Crippen LogP) is 3.07. The van der Waals surface area contributed by atoms with Crippen LogP contribution >= 0.6 is 0 Å². The molecule has 2 rings (SSSR count). The monoisotopic (exact) mass is 291 g/mol. The Morgan fingerprint density at radius 3 is 2.38 bits per heavy atom. The molecule has 1 unspecified atom stereocenters. The first kappa shape index (κ1) is 16.3. The number of aliphatic hydroxyl groups excluding tert-OH is 1. The van der Waals surface area contributed by atoms with Crippen molar-refractivity contribution < 1.29 is 9.84 Å². The van der Waals surface area contributed by atoms with E-state index in [-0.39, 0.29) is 0 Å². The Kier molecular flexibility index (Phi) is 5.28. The first-order valence-corrected chi connectivity index (χ1v) is 8.02.